The average Bonchev–Trinajstić information content (AvgIpc) is 2.98. The van der Waals surface area contributed by atoms with Crippen LogP contribution in [0.15, 0.2) is 60.8 Å². The zero-order valence-corrected chi connectivity index (χ0v) is 14.4. The quantitative estimate of drug-likeness (QED) is 0.736. The first-order valence-electron chi connectivity index (χ1n) is 8.69. The molecular weight excluding hydrogens is 312 g/mol. The van der Waals surface area contributed by atoms with Gasteiger partial charge in [-0.25, -0.2) is 0 Å². The van der Waals surface area contributed by atoms with E-state index in [9.17, 15) is 4.79 Å². The Balaban J connectivity index is 1.50. The number of aromatic nitrogens is 1. The number of rotatable bonds is 3. The summed E-state index contributed by atoms with van der Waals surface area (Å²) in [5, 5.41) is 1.16. The summed E-state index contributed by atoms with van der Waals surface area (Å²) in [6.07, 6.45) is 2.46. The largest absolute Gasteiger partial charge is 0.370 e. The number of benzene rings is 2. The van der Waals surface area contributed by atoms with Gasteiger partial charge in [-0.05, 0) is 17.2 Å². The molecule has 1 saturated heterocycles. The van der Waals surface area contributed by atoms with E-state index in [1.807, 2.05) is 42.3 Å². The highest BCUT2D eigenvalue weighted by Gasteiger charge is 2.25. The Labute approximate surface area is 147 Å². The van der Waals surface area contributed by atoms with Crippen LogP contribution in [0, 0.1) is 0 Å². The van der Waals surface area contributed by atoms with Crippen molar-refractivity contribution in [1.82, 2.24) is 9.47 Å². The third-order valence-electron chi connectivity index (χ3n) is 4.91. The molecule has 0 unspecified atom stereocenters. The van der Waals surface area contributed by atoms with E-state index in [0.717, 1.165) is 22.0 Å². The number of hydrogen-bond donors (Lipinski definition) is 0. The van der Waals surface area contributed by atoms with Crippen molar-refractivity contribution < 1.29 is 9.53 Å². The number of nitrogens with zero attached hydrogens (tertiary/aromatic N) is 2. The molecule has 2 heterocycles. The van der Waals surface area contributed by atoms with Crippen LogP contribution in [0.1, 0.15) is 17.2 Å². The standard InChI is InChI=1S/C21H22N2O2/c1-22-14-17(18-9-5-6-10-19(18)22)13-21(24)23-11-12-25-20(15-23)16-7-3-2-4-8-16/h2-10,14,20H,11-13,15H2,1H3/t20-/m0/s1. The Hall–Kier alpha value is -2.59. The fourth-order valence-electron chi connectivity index (χ4n) is 3.59. The number of hydrogen-bond acceptors (Lipinski definition) is 2. The summed E-state index contributed by atoms with van der Waals surface area (Å²) in [7, 11) is 2.02. The summed E-state index contributed by atoms with van der Waals surface area (Å²) in [6, 6.07) is 18.4. The number of carbonyl (C=O) groups excluding carboxylic acids is 1. The Morgan fingerprint density at radius 3 is 2.72 bits per heavy atom. The Morgan fingerprint density at radius 1 is 1.12 bits per heavy atom. The second kappa shape index (κ2) is 6.73. The molecule has 4 nitrogen and oxygen atoms in total. The van der Waals surface area contributed by atoms with E-state index in [1.54, 1.807) is 0 Å². The van der Waals surface area contributed by atoms with E-state index in [0.29, 0.717) is 26.1 Å². The van der Waals surface area contributed by atoms with Gasteiger partial charge in [0.1, 0.15) is 6.10 Å². The van der Waals surface area contributed by atoms with Crippen LogP contribution in [0.2, 0.25) is 0 Å². The molecule has 1 aromatic heterocycles. The Bertz CT molecular complexity index is 885. The maximum absolute atomic E-state index is 12.9. The second-order valence-electron chi connectivity index (χ2n) is 6.57. The van der Waals surface area contributed by atoms with Gasteiger partial charge in [0, 0.05) is 30.7 Å². The van der Waals surface area contributed by atoms with Crippen molar-refractivity contribution >= 4 is 16.8 Å². The van der Waals surface area contributed by atoms with Crippen LogP contribution in [0.4, 0.5) is 0 Å². The fourth-order valence-corrected chi connectivity index (χ4v) is 3.59. The molecule has 128 valence electrons. The van der Waals surface area contributed by atoms with E-state index in [4.69, 9.17) is 4.74 Å². The van der Waals surface area contributed by atoms with Crippen molar-refractivity contribution in [3.05, 3.63) is 71.9 Å². The zero-order valence-electron chi connectivity index (χ0n) is 14.4. The molecule has 1 aliphatic heterocycles. The van der Waals surface area contributed by atoms with Gasteiger partial charge in [-0.2, -0.15) is 0 Å². The van der Waals surface area contributed by atoms with Crippen LogP contribution in [0.5, 0.6) is 0 Å². The monoisotopic (exact) mass is 334 g/mol. The van der Waals surface area contributed by atoms with Gasteiger partial charge in [0.15, 0.2) is 0 Å². The van der Waals surface area contributed by atoms with Crippen molar-refractivity contribution in [2.75, 3.05) is 19.7 Å². The summed E-state index contributed by atoms with van der Waals surface area (Å²) in [6.45, 7) is 1.86. The molecule has 0 bridgehead atoms. The minimum atomic E-state index is -0.0357. The predicted octanol–water partition coefficient (Wildman–Crippen LogP) is 3.32. The molecule has 3 aromatic rings. The third kappa shape index (κ3) is 3.17. The first kappa shape index (κ1) is 15.9. The van der Waals surface area contributed by atoms with Crippen molar-refractivity contribution in [3.8, 4) is 0 Å². The number of morpholine rings is 1. The molecule has 1 aliphatic rings. The minimum Gasteiger partial charge on any atom is -0.370 e. The van der Waals surface area contributed by atoms with Crippen molar-refractivity contribution in [1.29, 1.82) is 0 Å². The van der Waals surface area contributed by atoms with Gasteiger partial charge in [0.25, 0.3) is 0 Å². The fraction of sp³-hybridized carbons (Fsp3) is 0.286. The van der Waals surface area contributed by atoms with Crippen molar-refractivity contribution in [3.63, 3.8) is 0 Å². The normalized spacial score (nSPS) is 17.8. The first-order valence-corrected chi connectivity index (χ1v) is 8.69. The maximum atomic E-state index is 12.9. The second-order valence-corrected chi connectivity index (χ2v) is 6.57. The van der Waals surface area contributed by atoms with E-state index in [-0.39, 0.29) is 12.0 Å². The lowest BCUT2D eigenvalue weighted by Gasteiger charge is -2.33. The number of ether oxygens (including phenoxy) is 1. The van der Waals surface area contributed by atoms with Crippen LogP contribution in [-0.4, -0.2) is 35.1 Å². The van der Waals surface area contributed by atoms with Crippen molar-refractivity contribution in [2.24, 2.45) is 7.05 Å². The van der Waals surface area contributed by atoms with E-state index < -0.39 is 0 Å². The summed E-state index contributed by atoms with van der Waals surface area (Å²) >= 11 is 0. The lowest BCUT2D eigenvalue weighted by molar-refractivity contribution is -0.138. The van der Waals surface area contributed by atoms with E-state index in [1.165, 1.54) is 0 Å². The molecule has 0 N–H and O–H groups in total. The van der Waals surface area contributed by atoms with Gasteiger partial charge in [-0.3, -0.25) is 4.79 Å². The lowest BCUT2D eigenvalue weighted by Crippen LogP contribution is -2.42. The number of fused-ring (bicyclic) bond motifs is 1. The zero-order chi connectivity index (χ0) is 17.2. The highest BCUT2D eigenvalue weighted by Crippen LogP contribution is 2.24. The van der Waals surface area contributed by atoms with Gasteiger partial charge < -0.3 is 14.2 Å². The number of para-hydroxylation sites is 1. The SMILES string of the molecule is Cn1cc(CC(=O)N2CCO[C@H](c3ccccc3)C2)c2ccccc21. The smallest absolute Gasteiger partial charge is 0.227 e. The summed E-state index contributed by atoms with van der Waals surface area (Å²) in [5.74, 6) is 0.167. The van der Waals surface area contributed by atoms with E-state index >= 15 is 0 Å². The van der Waals surface area contributed by atoms with Gasteiger partial charge in [-0.1, -0.05) is 48.5 Å². The molecule has 1 atom stereocenters. The van der Waals surface area contributed by atoms with Crippen LogP contribution < -0.4 is 0 Å². The van der Waals surface area contributed by atoms with Gasteiger partial charge >= 0.3 is 0 Å². The Morgan fingerprint density at radius 2 is 1.88 bits per heavy atom. The molecule has 0 saturated carbocycles. The number of aryl methyl sites for hydroxylation is 1. The molecular formula is C21H22N2O2. The number of amides is 1. The molecule has 0 radical (unpaired) electrons. The minimum absolute atomic E-state index is 0.0357. The average molecular weight is 334 g/mol. The topological polar surface area (TPSA) is 34.5 Å². The van der Waals surface area contributed by atoms with Gasteiger partial charge in [0.05, 0.1) is 19.6 Å². The van der Waals surface area contributed by atoms with Crippen LogP contribution in [0.25, 0.3) is 10.9 Å². The molecule has 1 amide bonds. The Kier molecular flexibility index (Phi) is 4.28. The molecule has 4 rings (SSSR count). The van der Waals surface area contributed by atoms with Crippen LogP contribution in [-0.2, 0) is 23.0 Å². The lowest BCUT2D eigenvalue weighted by atomic mass is 10.1. The number of carbonyl (C=O) groups is 1. The highest BCUT2D eigenvalue weighted by atomic mass is 16.5. The highest BCUT2D eigenvalue weighted by molar-refractivity contribution is 5.89. The van der Waals surface area contributed by atoms with Crippen LogP contribution >= 0.6 is 0 Å². The predicted molar refractivity (Wildman–Crippen MR) is 98.3 cm³/mol. The molecule has 0 spiro atoms. The van der Waals surface area contributed by atoms with E-state index in [2.05, 4.69) is 35.0 Å². The molecule has 1 fully saturated rings. The summed E-state index contributed by atoms with van der Waals surface area (Å²) in [5.41, 5.74) is 3.38. The molecule has 0 aliphatic carbocycles. The molecule has 25 heavy (non-hydrogen) atoms. The first-order chi connectivity index (χ1) is 12.2. The van der Waals surface area contributed by atoms with Gasteiger partial charge in [-0.15, -0.1) is 0 Å². The third-order valence-corrected chi connectivity index (χ3v) is 4.91. The van der Waals surface area contributed by atoms with Crippen molar-refractivity contribution in [2.45, 2.75) is 12.5 Å². The summed E-state index contributed by atoms with van der Waals surface area (Å²) < 4.78 is 7.96. The summed E-state index contributed by atoms with van der Waals surface area (Å²) in [4.78, 5) is 14.8. The van der Waals surface area contributed by atoms with Crippen LogP contribution in [0.3, 0.4) is 0 Å². The maximum Gasteiger partial charge on any atom is 0.227 e. The van der Waals surface area contributed by atoms with Gasteiger partial charge in [0.2, 0.25) is 5.91 Å². The molecule has 2 aromatic carbocycles. The molecule has 4 heteroatoms.